The van der Waals surface area contributed by atoms with Gasteiger partial charge in [-0.3, -0.25) is 14.9 Å². The van der Waals surface area contributed by atoms with Crippen molar-refractivity contribution in [2.75, 3.05) is 0 Å². The minimum Gasteiger partial charge on any atom is -0.357 e. The molecule has 0 atom stereocenters. The van der Waals surface area contributed by atoms with Gasteiger partial charge in [-0.1, -0.05) is 18.2 Å². The second kappa shape index (κ2) is 5.80. The van der Waals surface area contributed by atoms with E-state index >= 15 is 0 Å². The first-order chi connectivity index (χ1) is 11.1. The SMILES string of the molecule is Cc1[nH]c2ccccc2c(=O)c1N=Nc1cccc([N+](=O)[O-])c1. The molecule has 0 amide bonds. The van der Waals surface area contributed by atoms with Crippen LogP contribution in [0.15, 0.2) is 63.6 Å². The number of rotatable bonds is 3. The van der Waals surface area contributed by atoms with Gasteiger partial charge in [0.15, 0.2) is 5.69 Å². The summed E-state index contributed by atoms with van der Waals surface area (Å²) in [5, 5.41) is 19.2. The van der Waals surface area contributed by atoms with E-state index < -0.39 is 4.92 Å². The summed E-state index contributed by atoms with van der Waals surface area (Å²) in [5.41, 5.74) is 1.50. The lowest BCUT2D eigenvalue weighted by atomic mass is 10.2. The minimum absolute atomic E-state index is 0.0782. The van der Waals surface area contributed by atoms with Crippen molar-refractivity contribution < 1.29 is 4.92 Å². The minimum atomic E-state index is -0.507. The van der Waals surface area contributed by atoms with Crippen LogP contribution in [0.2, 0.25) is 0 Å². The zero-order chi connectivity index (χ0) is 16.4. The van der Waals surface area contributed by atoms with E-state index in [1.165, 1.54) is 18.2 Å². The van der Waals surface area contributed by atoms with Crippen LogP contribution in [0.25, 0.3) is 10.9 Å². The number of non-ortho nitro benzene ring substituents is 1. The lowest BCUT2D eigenvalue weighted by Gasteiger charge is -2.03. The molecule has 114 valence electrons. The lowest BCUT2D eigenvalue weighted by molar-refractivity contribution is -0.384. The Balaban J connectivity index is 2.06. The Hall–Kier alpha value is -3.35. The largest absolute Gasteiger partial charge is 0.357 e. The van der Waals surface area contributed by atoms with Gasteiger partial charge in [0, 0.05) is 28.7 Å². The van der Waals surface area contributed by atoms with Gasteiger partial charge in [0.25, 0.3) is 5.69 Å². The van der Waals surface area contributed by atoms with Gasteiger partial charge in [-0.25, -0.2) is 0 Å². The van der Waals surface area contributed by atoms with Crippen LogP contribution in [0.3, 0.4) is 0 Å². The number of nitrogens with one attached hydrogen (secondary N) is 1. The van der Waals surface area contributed by atoms with Crippen molar-refractivity contribution in [3.63, 3.8) is 0 Å². The van der Waals surface area contributed by atoms with Gasteiger partial charge in [-0.05, 0) is 25.1 Å². The lowest BCUT2D eigenvalue weighted by Crippen LogP contribution is -2.04. The van der Waals surface area contributed by atoms with Gasteiger partial charge in [-0.15, -0.1) is 5.11 Å². The maximum absolute atomic E-state index is 12.5. The van der Waals surface area contributed by atoms with Crippen LogP contribution in [-0.2, 0) is 0 Å². The Labute approximate surface area is 130 Å². The number of nitro benzene ring substituents is 1. The Morgan fingerprint density at radius 1 is 1.09 bits per heavy atom. The number of pyridine rings is 1. The number of nitro groups is 1. The molecule has 3 aromatic rings. The summed E-state index contributed by atoms with van der Waals surface area (Å²) in [6, 6.07) is 12.9. The van der Waals surface area contributed by atoms with Crippen molar-refractivity contribution >= 4 is 28.0 Å². The summed E-state index contributed by atoms with van der Waals surface area (Å²) < 4.78 is 0. The highest BCUT2D eigenvalue weighted by Gasteiger charge is 2.09. The molecular weight excluding hydrogens is 296 g/mol. The fourth-order valence-corrected chi connectivity index (χ4v) is 2.25. The average molecular weight is 308 g/mol. The number of azo groups is 1. The first-order valence-corrected chi connectivity index (χ1v) is 6.84. The summed E-state index contributed by atoms with van der Waals surface area (Å²) in [5.74, 6) is 0. The normalized spacial score (nSPS) is 11.2. The molecule has 7 heteroatoms. The molecule has 0 unspecified atom stereocenters. The van der Waals surface area contributed by atoms with Crippen LogP contribution < -0.4 is 5.43 Å². The third-order valence-corrected chi connectivity index (χ3v) is 3.37. The zero-order valence-corrected chi connectivity index (χ0v) is 12.2. The van der Waals surface area contributed by atoms with Crippen molar-refractivity contribution in [1.82, 2.24) is 4.98 Å². The smallest absolute Gasteiger partial charge is 0.271 e. The fraction of sp³-hybridized carbons (Fsp3) is 0.0625. The molecule has 1 N–H and O–H groups in total. The Morgan fingerprint density at radius 3 is 2.65 bits per heavy atom. The second-order valence-electron chi connectivity index (χ2n) is 4.95. The standard InChI is InChI=1S/C16H12N4O3/c1-10-15(16(21)13-7-2-3-8-14(13)17-10)19-18-11-5-4-6-12(9-11)20(22)23/h2-9H,1H3,(H,17,21). The highest BCUT2D eigenvalue weighted by atomic mass is 16.6. The van der Waals surface area contributed by atoms with Gasteiger partial charge in [0.1, 0.15) is 0 Å². The molecule has 2 aromatic carbocycles. The van der Waals surface area contributed by atoms with Gasteiger partial charge >= 0.3 is 0 Å². The predicted octanol–water partition coefficient (Wildman–Crippen LogP) is 4.16. The Morgan fingerprint density at radius 2 is 1.87 bits per heavy atom. The van der Waals surface area contributed by atoms with E-state index in [0.29, 0.717) is 16.8 Å². The van der Waals surface area contributed by atoms with Crippen LogP contribution in [-0.4, -0.2) is 9.91 Å². The number of fused-ring (bicyclic) bond motifs is 1. The molecule has 0 radical (unpaired) electrons. The van der Waals surface area contributed by atoms with Crippen molar-refractivity contribution in [3.8, 4) is 0 Å². The van der Waals surface area contributed by atoms with Gasteiger partial charge in [0.05, 0.1) is 10.6 Å². The molecule has 0 aliphatic carbocycles. The van der Waals surface area contributed by atoms with Crippen LogP contribution in [0.4, 0.5) is 17.1 Å². The topological polar surface area (TPSA) is 101 Å². The number of benzene rings is 2. The molecule has 0 bridgehead atoms. The molecular formula is C16H12N4O3. The molecule has 7 nitrogen and oxygen atoms in total. The van der Waals surface area contributed by atoms with Crippen molar-refractivity contribution in [1.29, 1.82) is 0 Å². The number of aromatic nitrogens is 1. The average Bonchev–Trinajstić information content (AvgIpc) is 2.55. The first-order valence-electron chi connectivity index (χ1n) is 6.84. The molecule has 3 rings (SSSR count). The van der Waals surface area contributed by atoms with E-state index in [2.05, 4.69) is 15.2 Å². The van der Waals surface area contributed by atoms with Crippen molar-refractivity contribution in [2.24, 2.45) is 10.2 Å². The van der Waals surface area contributed by atoms with Crippen LogP contribution in [0, 0.1) is 17.0 Å². The third kappa shape index (κ3) is 2.84. The number of aromatic amines is 1. The molecule has 0 spiro atoms. The summed E-state index contributed by atoms with van der Waals surface area (Å²) in [7, 11) is 0. The maximum Gasteiger partial charge on any atom is 0.271 e. The van der Waals surface area contributed by atoms with Gasteiger partial charge in [-0.2, -0.15) is 5.11 Å². The molecule has 0 fully saturated rings. The van der Waals surface area contributed by atoms with E-state index in [9.17, 15) is 14.9 Å². The molecule has 1 heterocycles. The van der Waals surface area contributed by atoms with E-state index in [1.807, 2.05) is 12.1 Å². The maximum atomic E-state index is 12.5. The highest BCUT2D eigenvalue weighted by molar-refractivity contribution is 5.81. The van der Waals surface area contributed by atoms with E-state index in [1.54, 1.807) is 25.1 Å². The van der Waals surface area contributed by atoms with E-state index in [4.69, 9.17) is 0 Å². The van der Waals surface area contributed by atoms with Gasteiger partial charge in [0.2, 0.25) is 5.43 Å². The van der Waals surface area contributed by atoms with Crippen LogP contribution in [0.5, 0.6) is 0 Å². The summed E-state index contributed by atoms with van der Waals surface area (Å²) >= 11 is 0. The predicted molar refractivity (Wildman–Crippen MR) is 86.6 cm³/mol. The monoisotopic (exact) mass is 308 g/mol. The Bertz CT molecular complexity index is 992. The van der Waals surface area contributed by atoms with E-state index in [0.717, 1.165) is 5.52 Å². The Kier molecular flexibility index (Phi) is 3.68. The number of para-hydroxylation sites is 1. The van der Waals surface area contributed by atoms with Crippen LogP contribution >= 0.6 is 0 Å². The molecule has 1 aromatic heterocycles. The number of hydrogen-bond donors (Lipinski definition) is 1. The van der Waals surface area contributed by atoms with Crippen molar-refractivity contribution in [2.45, 2.75) is 6.92 Å². The molecule has 0 aliphatic rings. The number of nitrogens with zero attached hydrogens (tertiary/aromatic N) is 3. The number of hydrogen-bond acceptors (Lipinski definition) is 5. The van der Waals surface area contributed by atoms with E-state index in [-0.39, 0.29) is 16.8 Å². The zero-order valence-electron chi connectivity index (χ0n) is 12.2. The molecule has 0 aliphatic heterocycles. The van der Waals surface area contributed by atoms with Crippen molar-refractivity contribution in [3.05, 3.63) is 74.6 Å². The molecule has 23 heavy (non-hydrogen) atoms. The number of H-pyrrole nitrogens is 1. The van der Waals surface area contributed by atoms with Crippen LogP contribution in [0.1, 0.15) is 5.69 Å². The summed E-state index contributed by atoms with van der Waals surface area (Å²) in [6.07, 6.45) is 0. The third-order valence-electron chi connectivity index (χ3n) is 3.37. The number of aryl methyl sites for hydroxylation is 1. The fourth-order valence-electron chi connectivity index (χ4n) is 2.25. The highest BCUT2D eigenvalue weighted by Crippen LogP contribution is 2.23. The first kappa shape index (κ1) is 14.6. The summed E-state index contributed by atoms with van der Waals surface area (Å²) in [4.78, 5) is 25.8. The summed E-state index contributed by atoms with van der Waals surface area (Å²) in [6.45, 7) is 1.73. The quantitative estimate of drug-likeness (QED) is 0.446. The van der Waals surface area contributed by atoms with Gasteiger partial charge < -0.3 is 4.98 Å². The second-order valence-corrected chi connectivity index (χ2v) is 4.95. The molecule has 0 saturated heterocycles. The molecule has 0 saturated carbocycles.